The number of carboxylic acid groups (broad SMARTS) is 1. The fourth-order valence-electron chi connectivity index (χ4n) is 3.57. The summed E-state index contributed by atoms with van der Waals surface area (Å²) in [6, 6.07) is 10.8. The first-order valence-electron chi connectivity index (χ1n) is 10.8. The minimum atomic E-state index is -0.792. The molecule has 1 N–H and O–H groups in total. The van der Waals surface area contributed by atoms with Gasteiger partial charge >= 0.3 is 12.1 Å². The van der Waals surface area contributed by atoms with Gasteiger partial charge in [0.05, 0.1) is 6.54 Å². The molecule has 1 amide bonds. The van der Waals surface area contributed by atoms with Crippen molar-refractivity contribution in [1.29, 1.82) is 0 Å². The van der Waals surface area contributed by atoms with Gasteiger partial charge in [-0.2, -0.15) is 0 Å². The van der Waals surface area contributed by atoms with E-state index in [1.54, 1.807) is 0 Å². The summed E-state index contributed by atoms with van der Waals surface area (Å²) in [5.74, 6) is -0.792. The van der Waals surface area contributed by atoms with Gasteiger partial charge in [0.25, 0.3) is 0 Å². The third-order valence-corrected chi connectivity index (χ3v) is 5.01. The van der Waals surface area contributed by atoms with Crippen molar-refractivity contribution in [3.05, 3.63) is 42.0 Å². The number of carboxylic acids is 1. The lowest BCUT2D eigenvalue weighted by atomic mass is 10.0. The molecule has 1 heterocycles. The number of carbonyl (C=O) groups excluding carboxylic acids is 1. The molecular formula is C24H36N2O4. The minimum absolute atomic E-state index is 0.0859. The molecule has 0 aromatic heterocycles. The van der Waals surface area contributed by atoms with Gasteiger partial charge in [-0.3, -0.25) is 9.69 Å². The molecule has 0 bridgehead atoms. The summed E-state index contributed by atoms with van der Waals surface area (Å²) in [5, 5.41) is 8.83. The van der Waals surface area contributed by atoms with E-state index in [0.29, 0.717) is 6.04 Å². The van der Waals surface area contributed by atoms with Crippen LogP contribution in [0.3, 0.4) is 0 Å². The van der Waals surface area contributed by atoms with Crippen LogP contribution < -0.4 is 0 Å². The molecule has 2 aliphatic rings. The second-order valence-electron chi connectivity index (χ2n) is 8.93. The van der Waals surface area contributed by atoms with Gasteiger partial charge in [-0.25, -0.2) is 4.79 Å². The molecule has 0 unspecified atom stereocenters. The Labute approximate surface area is 180 Å². The molecule has 30 heavy (non-hydrogen) atoms. The molecule has 1 aliphatic carbocycles. The number of allylic oxidation sites excluding steroid dienone is 1. The first kappa shape index (κ1) is 23.9. The van der Waals surface area contributed by atoms with Crippen molar-refractivity contribution in [2.24, 2.45) is 0 Å². The molecule has 0 atom stereocenters. The molecular weight excluding hydrogens is 380 g/mol. The number of hydrogen-bond acceptors (Lipinski definition) is 4. The maximum Gasteiger partial charge on any atom is 0.410 e. The summed E-state index contributed by atoms with van der Waals surface area (Å²) >= 11 is 0. The maximum absolute atomic E-state index is 12.4. The van der Waals surface area contributed by atoms with Crippen molar-refractivity contribution in [3.8, 4) is 0 Å². The smallest absolute Gasteiger partial charge is 0.410 e. The molecule has 1 aromatic carbocycles. The van der Waals surface area contributed by atoms with Crippen LogP contribution in [0.4, 0.5) is 4.79 Å². The van der Waals surface area contributed by atoms with Crippen molar-refractivity contribution in [3.63, 3.8) is 0 Å². The number of likely N-dealkylation sites (tertiary alicyclic amines) is 1. The Hall–Kier alpha value is -2.34. The zero-order valence-corrected chi connectivity index (χ0v) is 18.7. The van der Waals surface area contributed by atoms with E-state index in [1.807, 2.05) is 61.8 Å². The zero-order chi connectivity index (χ0) is 22.1. The number of aliphatic carboxylic acids is 1. The standard InChI is InChI=1S/C15H26N2O4.C9H10/c1-15(2,3)21-14(20)17(11-4-5-11)12-6-8-16(9-7-12)10-13(18)19;1-2-6-9-7-4-3-5-8-9/h11-12H,4-10H2,1-3H3,(H,18,19);2-8H,1H3/b;6-2-. The fraction of sp³-hybridized carbons (Fsp3) is 0.583. The summed E-state index contributed by atoms with van der Waals surface area (Å²) in [5.41, 5.74) is 0.786. The number of amides is 1. The minimum Gasteiger partial charge on any atom is -0.480 e. The van der Waals surface area contributed by atoms with Crippen LogP contribution in [0.15, 0.2) is 36.4 Å². The van der Waals surface area contributed by atoms with Gasteiger partial charge < -0.3 is 14.7 Å². The Morgan fingerprint density at radius 1 is 1.10 bits per heavy atom. The van der Waals surface area contributed by atoms with Crippen LogP contribution in [-0.2, 0) is 9.53 Å². The molecule has 1 aliphatic heterocycles. The lowest BCUT2D eigenvalue weighted by Crippen LogP contribution is -2.50. The van der Waals surface area contributed by atoms with Crippen molar-refractivity contribution in [1.82, 2.24) is 9.80 Å². The summed E-state index contributed by atoms with van der Waals surface area (Å²) in [4.78, 5) is 27.0. The van der Waals surface area contributed by atoms with E-state index in [1.165, 1.54) is 5.56 Å². The van der Waals surface area contributed by atoms with Gasteiger partial charge in [0.1, 0.15) is 5.60 Å². The third-order valence-electron chi connectivity index (χ3n) is 5.01. The highest BCUT2D eigenvalue weighted by atomic mass is 16.6. The Morgan fingerprint density at radius 3 is 2.13 bits per heavy atom. The molecule has 3 rings (SSSR count). The number of hydrogen-bond donors (Lipinski definition) is 1. The molecule has 166 valence electrons. The molecule has 1 saturated carbocycles. The number of benzene rings is 1. The molecule has 1 aromatic rings. The third kappa shape index (κ3) is 8.57. The second kappa shape index (κ2) is 11.2. The Morgan fingerprint density at radius 2 is 1.67 bits per heavy atom. The number of nitrogens with zero attached hydrogens (tertiary/aromatic N) is 2. The van der Waals surface area contributed by atoms with Gasteiger partial charge in [-0.05, 0) is 58.9 Å². The van der Waals surface area contributed by atoms with Crippen LogP contribution in [0.1, 0.15) is 58.9 Å². The number of rotatable bonds is 5. The molecule has 1 saturated heterocycles. The van der Waals surface area contributed by atoms with Gasteiger partial charge in [0.2, 0.25) is 0 Å². The van der Waals surface area contributed by atoms with Crippen LogP contribution >= 0.6 is 0 Å². The van der Waals surface area contributed by atoms with Gasteiger partial charge in [-0.15, -0.1) is 0 Å². The lowest BCUT2D eigenvalue weighted by Gasteiger charge is -2.38. The van der Waals surface area contributed by atoms with Crippen LogP contribution in [0.5, 0.6) is 0 Å². The Balaban J connectivity index is 0.000000297. The van der Waals surface area contributed by atoms with Gasteiger partial charge in [0, 0.05) is 25.2 Å². The van der Waals surface area contributed by atoms with Crippen molar-refractivity contribution in [2.75, 3.05) is 19.6 Å². The largest absolute Gasteiger partial charge is 0.480 e. The molecule has 0 radical (unpaired) electrons. The van der Waals surface area contributed by atoms with E-state index < -0.39 is 11.6 Å². The number of carbonyl (C=O) groups is 2. The molecule has 0 spiro atoms. The highest BCUT2D eigenvalue weighted by molar-refractivity contribution is 5.70. The van der Waals surface area contributed by atoms with Crippen molar-refractivity contribution in [2.45, 2.75) is 71.1 Å². The van der Waals surface area contributed by atoms with E-state index in [0.717, 1.165) is 38.8 Å². The summed E-state index contributed by atoms with van der Waals surface area (Å²) in [6.45, 7) is 9.20. The average molecular weight is 417 g/mol. The predicted molar refractivity (Wildman–Crippen MR) is 119 cm³/mol. The van der Waals surface area contributed by atoms with Gasteiger partial charge in [0.15, 0.2) is 0 Å². The first-order chi connectivity index (χ1) is 14.2. The van der Waals surface area contributed by atoms with Gasteiger partial charge in [-0.1, -0.05) is 42.5 Å². The monoisotopic (exact) mass is 416 g/mol. The topological polar surface area (TPSA) is 70.1 Å². The van der Waals surface area contributed by atoms with E-state index in [2.05, 4.69) is 18.2 Å². The van der Waals surface area contributed by atoms with Crippen molar-refractivity contribution < 1.29 is 19.4 Å². The summed E-state index contributed by atoms with van der Waals surface area (Å²) in [6.07, 6.45) is 7.64. The van der Waals surface area contributed by atoms with Crippen LogP contribution in [0, 0.1) is 0 Å². The molecule has 6 heteroatoms. The number of piperidine rings is 1. The maximum atomic E-state index is 12.4. The average Bonchev–Trinajstić information content (AvgIpc) is 3.48. The zero-order valence-electron chi connectivity index (χ0n) is 18.7. The quantitative estimate of drug-likeness (QED) is 0.756. The molecule has 2 fully saturated rings. The fourth-order valence-corrected chi connectivity index (χ4v) is 3.57. The Bertz CT molecular complexity index is 700. The lowest BCUT2D eigenvalue weighted by molar-refractivity contribution is -0.138. The van der Waals surface area contributed by atoms with Crippen LogP contribution in [-0.4, -0.2) is 64.3 Å². The summed E-state index contributed by atoms with van der Waals surface area (Å²) < 4.78 is 5.53. The number of ether oxygens (including phenoxy) is 1. The highest BCUT2D eigenvalue weighted by Gasteiger charge is 2.40. The van der Waals surface area contributed by atoms with E-state index in [9.17, 15) is 9.59 Å². The van der Waals surface area contributed by atoms with Crippen molar-refractivity contribution >= 4 is 18.1 Å². The van der Waals surface area contributed by atoms with E-state index >= 15 is 0 Å². The molecule has 6 nitrogen and oxygen atoms in total. The van der Waals surface area contributed by atoms with E-state index in [4.69, 9.17) is 9.84 Å². The van der Waals surface area contributed by atoms with Crippen LogP contribution in [0.2, 0.25) is 0 Å². The summed E-state index contributed by atoms with van der Waals surface area (Å²) in [7, 11) is 0. The van der Waals surface area contributed by atoms with E-state index in [-0.39, 0.29) is 18.7 Å². The first-order valence-corrected chi connectivity index (χ1v) is 10.8. The van der Waals surface area contributed by atoms with Crippen LogP contribution in [0.25, 0.3) is 6.08 Å². The second-order valence-corrected chi connectivity index (χ2v) is 8.93. The highest BCUT2D eigenvalue weighted by Crippen LogP contribution is 2.33. The predicted octanol–water partition coefficient (Wildman–Crippen LogP) is 4.65. The SMILES string of the molecule is C/C=C\c1ccccc1.CC(C)(C)OC(=O)N(C1CC1)C1CCN(CC(=O)O)CC1. The Kier molecular flexibility index (Phi) is 8.90. The normalized spacial score (nSPS) is 17.9.